The van der Waals surface area contributed by atoms with E-state index >= 15 is 0 Å². The lowest BCUT2D eigenvalue weighted by molar-refractivity contribution is 0.143. The first kappa shape index (κ1) is 31.1. The van der Waals surface area contributed by atoms with Gasteiger partial charge in [-0.05, 0) is 99.0 Å². The minimum atomic E-state index is -1.84. The molecule has 0 bridgehead atoms. The van der Waals surface area contributed by atoms with Crippen LogP contribution in [0.15, 0.2) is 36.5 Å². The monoisotopic (exact) mass is 544 g/mol. The van der Waals surface area contributed by atoms with Crippen LogP contribution in [0.5, 0.6) is 0 Å². The van der Waals surface area contributed by atoms with Gasteiger partial charge in [-0.1, -0.05) is 84.3 Å². The Morgan fingerprint density at radius 2 is 1.62 bits per heavy atom. The summed E-state index contributed by atoms with van der Waals surface area (Å²) in [6, 6.07) is 0. The van der Waals surface area contributed by atoms with Crippen molar-refractivity contribution in [2.75, 3.05) is 0 Å². The summed E-state index contributed by atoms with van der Waals surface area (Å²) in [5.41, 5.74) is 1.69. The number of hydrogen-bond acceptors (Lipinski definition) is 2. The zero-order valence-electron chi connectivity index (χ0n) is 26.2. The van der Waals surface area contributed by atoms with Crippen molar-refractivity contribution < 1.29 is 8.85 Å². The van der Waals surface area contributed by atoms with Crippen LogP contribution in [0.2, 0.25) is 36.3 Å². The Morgan fingerprint density at radius 1 is 1.00 bits per heavy atom. The van der Waals surface area contributed by atoms with E-state index in [1.165, 1.54) is 51.4 Å². The largest absolute Gasteiger partial charge is 0.413 e. The molecule has 0 heterocycles. The van der Waals surface area contributed by atoms with Crippen molar-refractivity contribution >= 4 is 16.6 Å². The topological polar surface area (TPSA) is 18.5 Å². The molecule has 2 nitrogen and oxygen atoms in total. The Morgan fingerprint density at radius 3 is 2.19 bits per heavy atom. The van der Waals surface area contributed by atoms with Crippen molar-refractivity contribution in [1.29, 1.82) is 0 Å². The minimum absolute atomic E-state index is 0.236. The van der Waals surface area contributed by atoms with Crippen molar-refractivity contribution in [3.05, 3.63) is 36.5 Å². The third-order valence-corrected chi connectivity index (χ3v) is 19.7. The standard InChI is InChI=1S/C33H60O2Si2/c1-12-13-14-17-25-22-27-24-31(35-37(10,11)33(5,6)7)28(29(27)23-25)20-21-30(26-18-15-16-19-26)34-36(8,9)32(2,3)4/h12,20-22,26-31H,1,13-19,23-24H2,2-11H3/b21-20-/t27-,28-,29-,30+,31+/m0/s1. The van der Waals surface area contributed by atoms with Gasteiger partial charge in [0.2, 0.25) is 0 Å². The average Bonchev–Trinajstić information content (AvgIpc) is 3.47. The van der Waals surface area contributed by atoms with Crippen LogP contribution < -0.4 is 0 Å². The first-order chi connectivity index (χ1) is 17.1. The normalized spacial score (nSPS) is 28.6. The average molecular weight is 545 g/mol. The molecule has 0 saturated heterocycles. The van der Waals surface area contributed by atoms with Crippen molar-refractivity contribution in [1.82, 2.24) is 0 Å². The summed E-state index contributed by atoms with van der Waals surface area (Å²) >= 11 is 0. The van der Waals surface area contributed by atoms with Crippen LogP contribution in [0.25, 0.3) is 0 Å². The fourth-order valence-electron chi connectivity index (χ4n) is 6.25. The molecular weight excluding hydrogens is 485 g/mol. The van der Waals surface area contributed by atoms with Gasteiger partial charge >= 0.3 is 0 Å². The highest BCUT2D eigenvalue weighted by atomic mass is 28.4. The zero-order valence-corrected chi connectivity index (χ0v) is 28.2. The number of allylic oxidation sites excluding steroid dienone is 3. The molecule has 0 amide bonds. The third kappa shape index (κ3) is 7.61. The summed E-state index contributed by atoms with van der Waals surface area (Å²) in [4.78, 5) is 0. The second kappa shape index (κ2) is 12.0. The SMILES string of the molecule is C=CCCCC1=C[C@H]2C[C@@H](O[Si](C)(C)C(C)(C)C)[C@@H](/C=C\[C@@H](O[Si](C)(C)C(C)(C)C)C3CCCC3)[C@H]2C1. The van der Waals surface area contributed by atoms with Crippen LogP contribution in [0.1, 0.15) is 99.3 Å². The van der Waals surface area contributed by atoms with E-state index in [0.717, 1.165) is 6.42 Å². The predicted octanol–water partition coefficient (Wildman–Crippen LogP) is 10.5. The highest BCUT2D eigenvalue weighted by molar-refractivity contribution is 6.74. The van der Waals surface area contributed by atoms with Crippen LogP contribution in [0.3, 0.4) is 0 Å². The van der Waals surface area contributed by atoms with Crippen molar-refractivity contribution in [3.8, 4) is 0 Å². The van der Waals surface area contributed by atoms with Crippen molar-refractivity contribution in [3.63, 3.8) is 0 Å². The Balaban J connectivity index is 1.85. The van der Waals surface area contributed by atoms with Gasteiger partial charge in [0, 0.05) is 5.92 Å². The van der Waals surface area contributed by atoms with E-state index in [2.05, 4.69) is 98.6 Å². The minimum Gasteiger partial charge on any atom is -0.413 e. The molecule has 0 spiro atoms. The van der Waals surface area contributed by atoms with Gasteiger partial charge in [-0.25, -0.2) is 0 Å². The van der Waals surface area contributed by atoms with Crippen molar-refractivity contribution in [2.45, 2.75) is 148 Å². The predicted molar refractivity (Wildman–Crippen MR) is 167 cm³/mol. The summed E-state index contributed by atoms with van der Waals surface area (Å²) < 4.78 is 14.3. The number of unbranched alkanes of at least 4 members (excludes halogenated alkanes) is 1. The highest BCUT2D eigenvalue weighted by Gasteiger charge is 2.49. The van der Waals surface area contributed by atoms with E-state index in [-0.39, 0.29) is 16.2 Å². The second-order valence-electron chi connectivity index (χ2n) is 15.5. The molecule has 0 aliphatic heterocycles. The molecule has 2 fully saturated rings. The lowest BCUT2D eigenvalue weighted by atomic mass is 9.88. The van der Waals surface area contributed by atoms with Crippen LogP contribution in [0.4, 0.5) is 0 Å². The second-order valence-corrected chi connectivity index (χ2v) is 25.1. The quantitative estimate of drug-likeness (QED) is 0.146. The van der Waals surface area contributed by atoms with E-state index in [1.807, 2.05) is 0 Å². The first-order valence-electron chi connectivity index (χ1n) is 15.4. The molecule has 5 atom stereocenters. The Labute approximate surface area is 233 Å². The van der Waals surface area contributed by atoms with Gasteiger partial charge < -0.3 is 8.85 Å². The van der Waals surface area contributed by atoms with Gasteiger partial charge in [0.1, 0.15) is 0 Å². The fraction of sp³-hybridized carbons (Fsp3) is 0.818. The summed E-state index contributed by atoms with van der Waals surface area (Å²) in [6.07, 6.45) is 21.8. The Hall–Kier alpha value is -0.426. The van der Waals surface area contributed by atoms with Gasteiger partial charge in [-0.3, -0.25) is 0 Å². The Kier molecular flexibility index (Phi) is 10.1. The molecule has 0 aromatic rings. The number of fused-ring (bicyclic) bond motifs is 1. The first-order valence-corrected chi connectivity index (χ1v) is 21.2. The molecule has 0 aromatic heterocycles. The van der Waals surface area contributed by atoms with Gasteiger partial charge in [0.05, 0.1) is 12.2 Å². The molecule has 4 heteroatoms. The van der Waals surface area contributed by atoms with Gasteiger partial charge in [-0.15, -0.1) is 6.58 Å². The number of hydrogen-bond donors (Lipinski definition) is 0. The third-order valence-electron chi connectivity index (χ3n) is 10.7. The van der Waals surface area contributed by atoms with E-state index in [9.17, 15) is 0 Å². The molecule has 3 aliphatic carbocycles. The smallest absolute Gasteiger partial charge is 0.192 e. The Bertz CT molecular complexity index is 820. The maximum atomic E-state index is 7.17. The molecule has 212 valence electrons. The van der Waals surface area contributed by atoms with Gasteiger partial charge in [-0.2, -0.15) is 0 Å². The van der Waals surface area contributed by atoms with Gasteiger partial charge in [0.25, 0.3) is 0 Å². The maximum absolute atomic E-state index is 7.17. The molecule has 0 radical (unpaired) electrons. The molecule has 3 rings (SSSR count). The van der Waals surface area contributed by atoms with Crippen LogP contribution in [-0.4, -0.2) is 28.8 Å². The highest BCUT2D eigenvalue weighted by Crippen LogP contribution is 2.51. The molecular formula is C33H60O2Si2. The van der Waals surface area contributed by atoms with E-state index in [0.29, 0.717) is 29.8 Å². The zero-order chi connectivity index (χ0) is 27.6. The molecule has 3 aliphatic rings. The molecule has 37 heavy (non-hydrogen) atoms. The summed E-state index contributed by atoms with van der Waals surface area (Å²) in [5, 5.41) is 0.475. The summed E-state index contributed by atoms with van der Waals surface area (Å²) in [6.45, 7) is 27.9. The molecule has 2 saturated carbocycles. The van der Waals surface area contributed by atoms with Crippen LogP contribution in [0, 0.1) is 23.7 Å². The lowest BCUT2D eigenvalue weighted by Crippen LogP contribution is -2.45. The van der Waals surface area contributed by atoms with Gasteiger partial charge in [0.15, 0.2) is 16.6 Å². The van der Waals surface area contributed by atoms with Crippen molar-refractivity contribution in [2.24, 2.45) is 23.7 Å². The summed E-state index contributed by atoms with van der Waals surface area (Å²) in [5.74, 6) is 2.55. The van der Waals surface area contributed by atoms with E-state index in [1.54, 1.807) is 5.57 Å². The molecule has 0 aromatic carbocycles. The number of rotatable bonds is 11. The maximum Gasteiger partial charge on any atom is 0.192 e. The van der Waals surface area contributed by atoms with Crippen LogP contribution in [-0.2, 0) is 8.85 Å². The lowest BCUT2D eigenvalue weighted by Gasteiger charge is -2.41. The fourth-order valence-corrected chi connectivity index (χ4v) is 8.92. The molecule has 0 N–H and O–H groups in total. The van der Waals surface area contributed by atoms with E-state index < -0.39 is 16.6 Å². The van der Waals surface area contributed by atoms with Crippen LogP contribution >= 0.6 is 0 Å². The van der Waals surface area contributed by atoms with E-state index in [4.69, 9.17) is 8.85 Å². The summed E-state index contributed by atoms with van der Waals surface area (Å²) in [7, 11) is -3.68. The molecule has 0 unspecified atom stereocenters.